The zero-order valence-electron chi connectivity index (χ0n) is 17.6. The molecule has 1 saturated heterocycles. The molecule has 2 aliphatic rings. The molecule has 0 unspecified atom stereocenters. The van der Waals surface area contributed by atoms with E-state index >= 15 is 0 Å². The second-order valence-electron chi connectivity index (χ2n) is 8.42. The van der Waals surface area contributed by atoms with Crippen molar-refractivity contribution in [2.24, 2.45) is 0 Å². The number of fused-ring (bicyclic) bond motifs is 1. The maximum absolute atomic E-state index is 12.4. The van der Waals surface area contributed by atoms with Crippen molar-refractivity contribution in [2.45, 2.75) is 41.9 Å². The van der Waals surface area contributed by atoms with Crippen LogP contribution < -0.4 is 4.74 Å². The lowest BCUT2D eigenvalue weighted by Gasteiger charge is -2.30. The van der Waals surface area contributed by atoms with Gasteiger partial charge >= 0.3 is 0 Å². The van der Waals surface area contributed by atoms with Crippen LogP contribution in [0.1, 0.15) is 25.7 Å². The van der Waals surface area contributed by atoms with E-state index in [-0.39, 0.29) is 11.4 Å². The Kier molecular flexibility index (Phi) is 5.51. The molecule has 32 heavy (non-hydrogen) atoms. The summed E-state index contributed by atoms with van der Waals surface area (Å²) >= 11 is 1.47. The molecule has 1 aliphatic carbocycles. The largest absolute Gasteiger partial charge is 0.467 e. The number of rotatable bonds is 6. The summed E-state index contributed by atoms with van der Waals surface area (Å²) < 4.78 is 56.8. The average Bonchev–Trinajstić information content (AvgIpc) is 3.55. The quantitative estimate of drug-likeness (QED) is 0.521. The SMILES string of the molecule is CS(=O)(=O)c1ccc(-c2ccc3nc(OC4CCN(S(=O)(=O)C5CC5)CC4)sc3c2)cc1. The van der Waals surface area contributed by atoms with Crippen LogP contribution in [0.5, 0.6) is 5.19 Å². The molecule has 2 heterocycles. The topological polar surface area (TPSA) is 93.6 Å². The molecule has 1 aromatic heterocycles. The first-order valence-electron chi connectivity index (χ1n) is 10.6. The monoisotopic (exact) mass is 492 g/mol. The number of ether oxygens (including phenoxy) is 1. The van der Waals surface area contributed by atoms with Crippen LogP contribution in [0.3, 0.4) is 0 Å². The van der Waals surface area contributed by atoms with Crippen LogP contribution in [0.25, 0.3) is 21.3 Å². The second-order valence-corrected chi connectivity index (χ2v) is 13.6. The van der Waals surface area contributed by atoms with Crippen LogP contribution in [0.2, 0.25) is 0 Å². The summed E-state index contributed by atoms with van der Waals surface area (Å²) in [5.41, 5.74) is 2.75. The lowest BCUT2D eigenvalue weighted by Crippen LogP contribution is -2.43. The van der Waals surface area contributed by atoms with E-state index in [2.05, 4.69) is 4.98 Å². The Labute approximate surface area is 192 Å². The standard InChI is InChI=1S/C22H24N2O5S3/c1-31(25,26)18-5-2-15(3-6-18)16-4-9-20-21(14-16)30-22(23-20)29-17-10-12-24(13-11-17)32(27,28)19-7-8-19/h2-6,9,14,17,19H,7-8,10-13H2,1H3. The van der Waals surface area contributed by atoms with Gasteiger partial charge in [0, 0.05) is 19.3 Å². The number of thiazole rings is 1. The van der Waals surface area contributed by atoms with Crippen molar-refractivity contribution in [3.8, 4) is 16.3 Å². The Morgan fingerprint density at radius 1 is 0.938 bits per heavy atom. The van der Waals surface area contributed by atoms with Gasteiger partial charge in [-0.15, -0.1) is 0 Å². The number of nitrogens with zero attached hydrogens (tertiary/aromatic N) is 2. The van der Waals surface area contributed by atoms with E-state index in [9.17, 15) is 16.8 Å². The molecule has 1 saturated carbocycles. The van der Waals surface area contributed by atoms with Crippen molar-refractivity contribution in [2.75, 3.05) is 19.3 Å². The minimum Gasteiger partial charge on any atom is -0.467 e. The molecule has 3 aromatic rings. The molecule has 10 heteroatoms. The Bertz CT molecular complexity index is 1350. The Balaban J connectivity index is 1.27. The van der Waals surface area contributed by atoms with Crippen LogP contribution in [-0.4, -0.2) is 56.8 Å². The predicted octanol–water partition coefficient (Wildman–Crippen LogP) is 3.70. The molecule has 5 rings (SSSR count). The number of hydrogen-bond donors (Lipinski definition) is 0. The number of aromatic nitrogens is 1. The molecule has 0 N–H and O–H groups in total. The number of sulfonamides is 1. The number of hydrogen-bond acceptors (Lipinski definition) is 7. The molecule has 0 radical (unpaired) electrons. The summed E-state index contributed by atoms with van der Waals surface area (Å²) in [7, 11) is -6.34. The van der Waals surface area contributed by atoms with Crippen LogP contribution >= 0.6 is 11.3 Å². The summed E-state index contributed by atoms with van der Waals surface area (Å²) in [6.07, 6.45) is 4.06. The molecule has 0 amide bonds. The lowest BCUT2D eigenvalue weighted by molar-refractivity contribution is 0.135. The van der Waals surface area contributed by atoms with Gasteiger partial charge in [-0.05, 0) is 61.1 Å². The first-order chi connectivity index (χ1) is 15.2. The Morgan fingerprint density at radius 2 is 1.59 bits per heavy atom. The van der Waals surface area contributed by atoms with E-state index in [1.165, 1.54) is 17.6 Å². The minimum atomic E-state index is -3.22. The molecular formula is C22H24N2O5S3. The van der Waals surface area contributed by atoms with Gasteiger partial charge in [-0.3, -0.25) is 0 Å². The van der Waals surface area contributed by atoms with Gasteiger partial charge in [0.1, 0.15) is 6.10 Å². The normalized spacial score (nSPS) is 18.8. The van der Waals surface area contributed by atoms with Gasteiger partial charge in [0.15, 0.2) is 9.84 Å². The van der Waals surface area contributed by atoms with Crippen molar-refractivity contribution >= 4 is 41.4 Å². The molecule has 7 nitrogen and oxygen atoms in total. The summed E-state index contributed by atoms with van der Waals surface area (Å²) in [4.78, 5) is 4.88. The first kappa shape index (κ1) is 21.8. The average molecular weight is 493 g/mol. The molecule has 2 aromatic carbocycles. The predicted molar refractivity (Wildman–Crippen MR) is 125 cm³/mol. The van der Waals surface area contributed by atoms with E-state index in [0.717, 1.165) is 34.2 Å². The fourth-order valence-electron chi connectivity index (χ4n) is 3.95. The second kappa shape index (κ2) is 8.09. The minimum absolute atomic E-state index is 0.0378. The fraction of sp³-hybridized carbons (Fsp3) is 0.409. The van der Waals surface area contributed by atoms with Crippen LogP contribution in [0.4, 0.5) is 0 Å². The lowest BCUT2D eigenvalue weighted by atomic mass is 10.1. The summed E-state index contributed by atoms with van der Waals surface area (Å²) in [5, 5.41) is 0.425. The van der Waals surface area contributed by atoms with Gasteiger partial charge in [-0.2, -0.15) is 0 Å². The van der Waals surface area contributed by atoms with Crippen molar-refractivity contribution in [1.82, 2.24) is 9.29 Å². The van der Waals surface area contributed by atoms with Crippen molar-refractivity contribution in [3.63, 3.8) is 0 Å². The highest BCUT2D eigenvalue weighted by atomic mass is 32.2. The maximum Gasteiger partial charge on any atom is 0.274 e. The molecule has 0 spiro atoms. The first-order valence-corrected chi connectivity index (χ1v) is 14.8. The highest BCUT2D eigenvalue weighted by Gasteiger charge is 2.41. The molecule has 0 atom stereocenters. The Hall–Kier alpha value is -2.01. The van der Waals surface area contributed by atoms with Gasteiger partial charge in [-0.25, -0.2) is 26.1 Å². The third-order valence-corrected chi connectivity index (χ3v) is 10.4. The van der Waals surface area contributed by atoms with Crippen LogP contribution in [-0.2, 0) is 19.9 Å². The van der Waals surface area contributed by atoms with Gasteiger partial charge in [0.25, 0.3) is 5.19 Å². The smallest absolute Gasteiger partial charge is 0.274 e. The van der Waals surface area contributed by atoms with Gasteiger partial charge in [0.2, 0.25) is 10.0 Å². The van der Waals surface area contributed by atoms with Crippen molar-refractivity contribution < 1.29 is 21.6 Å². The number of benzene rings is 2. The fourth-order valence-corrected chi connectivity index (χ4v) is 7.38. The van der Waals surface area contributed by atoms with E-state index in [4.69, 9.17) is 4.74 Å². The summed E-state index contributed by atoms with van der Waals surface area (Å²) in [6, 6.07) is 12.8. The summed E-state index contributed by atoms with van der Waals surface area (Å²) in [6.45, 7) is 1.00. The molecule has 1 aliphatic heterocycles. The van der Waals surface area contributed by atoms with E-state index in [0.29, 0.717) is 36.0 Å². The van der Waals surface area contributed by atoms with E-state index < -0.39 is 19.9 Å². The Morgan fingerprint density at radius 3 is 2.22 bits per heavy atom. The van der Waals surface area contributed by atoms with Crippen LogP contribution in [0.15, 0.2) is 47.4 Å². The van der Waals surface area contributed by atoms with E-state index in [1.54, 1.807) is 28.6 Å². The zero-order valence-corrected chi connectivity index (χ0v) is 20.0. The van der Waals surface area contributed by atoms with Crippen molar-refractivity contribution in [3.05, 3.63) is 42.5 Å². The third kappa shape index (κ3) is 4.41. The van der Waals surface area contributed by atoms with Gasteiger partial charge < -0.3 is 4.74 Å². The van der Waals surface area contributed by atoms with E-state index in [1.807, 2.05) is 18.2 Å². The highest BCUT2D eigenvalue weighted by Crippen LogP contribution is 2.35. The van der Waals surface area contributed by atoms with Gasteiger partial charge in [0.05, 0.1) is 20.4 Å². The number of piperidine rings is 1. The molecule has 0 bridgehead atoms. The van der Waals surface area contributed by atoms with Crippen molar-refractivity contribution in [1.29, 1.82) is 0 Å². The maximum atomic E-state index is 12.4. The summed E-state index contributed by atoms with van der Waals surface area (Å²) in [5.74, 6) is 0. The molecule has 2 fully saturated rings. The number of sulfone groups is 1. The van der Waals surface area contributed by atoms with Gasteiger partial charge in [-0.1, -0.05) is 29.5 Å². The highest BCUT2D eigenvalue weighted by molar-refractivity contribution is 7.90. The molecule has 170 valence electrons. The third-order valence-electron chi connectivity index (χ3n) is 5.96. The molecular weight excluding hydrogens is 468 g/mol. The zero-order chi connectivity index (χ0) is 22.5. The van der Waals surface area contributed by atoms with Crippen LogP contribution in [0, 0.1) is 0 Å².